The van der Waals surface area contributed by atoms with Crippen LogP contribution in [0.1, 0.15) is 5.56 Å². The van der Waals surface area contributed by atoms with E-state index < -0.39 is 17.9 Å². The first-order valence-electron chi connectivity index (χ1n) is 6.41. The molecule has 0 bridgehead atoms. The summed E-state index contributed by atoms with van der Waals surface area (Å²) in [4.78, 5) is 25.1. The van der Waals surface area contributed by atoms with Gasteiger partial charge in [-0.1, -0.05) is 12.0 Å². The van der Waals surface area contributed by atoms with Crippen molar-refractivity contribution in [1.82, 2.24) is 10.2 Å². The van der Waals surface area contributed by atoms with E-state index in [0.717, 1.165) is 0 Å². The third kappa shape index (κ3) is 6.08. The molecule has 0 saturated heterocycles. The van der Waals surface area contributed by atoms with E-state index in [2.05, 4.69) is 16.6 Å². The zero-order valence-corrected chi connectivity index (χ0v) is 12.1. The first-order chi connectivity index (χ1) is 9.92. The minimum absolute atomic E-state index is 0.00876. The first kappa shape index (κ1) is 16.7. The topological polar surface area (TPSA) is 81.7 Å². The van der Waals surface area contributed by atoms with Crippen molar-refractivity contribution in [2.45, 2.75) is 6.10 Å². The van der Waals surface area contributed by atoms with E-state index in [-0.39, 0.29) is 6.54 Å². The largest absolute Gasteiger partial charge is 0.390 e. The van der Waals surface area contributed by atoms with Gasteiger partial charge in [0.1, 0.15) is 0 Å². The molecular formula is C15H19N3O3. The molecule has 112 valence electrons. The Bertz CT molecular complexity index is 549. The van der Waals surface area contributed by atoms with Crippen LogP contribution in [0.15, 0.2) is 24.3 Å². The fourth-order valence-electron chi connectivity index (χ4n) is 1.65. The maximum absolute atomic E-state index is 11.7. The molecule has 0 aromatic heterocycles. The average molecular weight is 289 g/mol. The van der Waals surface area contributed by atoms with Gasteiger partial charge in [-0.05, 0) is 32.3 Å². The van der Waals surface area contributed by atoms with Crippen LogP contribution in [0.2, 0.25) is 0 Å². The fourth-order valence-corrected chi connectivity index (χ4v) is 1.65. The van der Waals surface area contributed by atoms with E-state index in [1.54, 1.807) is 43.3 Å². The Hall–Kier alpha value is -2.36. The number of carbonyl (C=O) groups is 2. The van der Waals surface area contributed by atoms with Crippen molar-refractivity contribution in [3.63, 3.8) is 0 Å². The summed E-state index contributed by atoms with van der Waals surface area (Å²) in [6, 6.07) is 6.62. The molecule has 6 heteroatoms. The van der Waals surface area contributed by atoms with Crippen molar-refractivity contribution in [2.24, 2.45) is 0 Å². The zero-order valence-electron chi connectivity index (χ0n) is 12.1. The summed E-state index contributed by atoms with van der Waals surface area (Å²) in [5.41, 5.74) is 1.05. The highest BCUT2D eigenvalue weighted by Gasteiger charge is 2.15. The van der Waals surface area contributed by atoms with Crippen LogP contribution in [0.25, 0.3) is 0 Å². The lowest BCUT2D eigenvalue weighted by atomic mass is 10.2. The van der Waals surface area contributed by atoms with Crippen LogP contribution in [-0.2, 0) is 9.59 Å². The highest BCUT2D eigenvalue weighted by Crippen LogP contribution is 2.09. The number of hydrogen-bond donors (Lipinski definition) is 3. The Kier molecular flexibility index (Phi) is 6.40. The molecule has 21 heavy (non-hydrogen) atoms. The molecule has 2 amide bonds. The highest BCUT2D eigenvalue weighted by atomic mass is 16.3. The molecule has 0 aliphatic rings. The molecule has 0 spiro atoms. The molecule has 1 atom stereocenters. The summed E-state index contributed by atoms with van der Waals surface area (Å²) in [7, 11) is 3.60. The second-order valence-electron chi connectivity index (χ2n) is 4.81. The van der Waals surface area contributed by atoms with Gasteiger partial charge in [0.2, 0.25) is 0 Å². The summed E-state index contributed by atoms with van der Waals surface area (Å²) in [5.74, 6) is 0.828. The monoisotopic (exact) mass is 289 g/mol. The molecule has 0 heterocycles. The minimum atomic E-state index is -0.807. The second kappa shape index (κ2) is 8.04. The Morgan fingerprint density at radius 3 is 2.71 bits per heavy atom. The predicted octanol–water partition coefficient (Wildman–Crippen LogP) is -0.355. The van der Waals surface area contributed by atoms with Crippen LogP contribution in [0.4, 0.5) is 5.69 Å². The number of amides is 2. The van der Waals surface area contributed by atoms with Crippen molar-refractivity contribution in [3.05, 3.63) is 29.8 Å². The number of aliphatic hydroxyl groups is 1. The summed E-state index contributed by atoms with van der Waals surface area (Å²) in [5, 5.41) is 14.4. The quantitative estimate of drug-likeness (QED) is 0.511. The van der Waals surface area contributed by atoms with Crippen molar-refractivity contribution in [2.75, 3.05) is 32.5 Å². The van der Waals surface area contributed by atoms with E-state index in [4.69, 9.17) is 6.42 Å². The van der Waals surface area contributed by atoms with E-state index in [1.807, 2.05) is 0 Å². The Morgan fingerprint density at radius 1 is 1.38 bits per heavy atom. The number of likely N-dealkylation sites (N-methyl/N-ethyl adjacent to an activating group) is 1. The van der Waals surface area contributed by atoms with Gasteiger partial charge in [-0.2, -0.15) is 0 Å². The third-order valence-electron chi connectivity index (χ3n) is 2.57. The van der Waals surface area contributed by atoms with Crippen LogP contribution in [0.5, 0.6) is 0 Å². The molecule has 1 rings (SSSR count). The lowest BCUT2D eigenvalue weighted by molar-refractivity contribution is -0.136. The number of hydrogen-bond acceptors (Lipinski definition) is 4. The van der Waals surface area contributed by atoms with Crippen LogP contribution in [0.3, 0.4) is 0 Å². The van der Waals surface area contributed by atoms with E-state index >= 15 is 0 Å². The Morgan fingerprint density at radius 2 is 2.10 bits per heavy atom. The van der Waals surface area contributed by atoms with Crippen molar-refractivity contribution in [1.29, 1.82) is 0 Å². The van der Waals surface area contributed by atoms with Crippen LogP contribution in [-0.4, -0.2) is 55.1 Å². The molecule has 0 aliphatic heterocycles. The summed E-state index contributed by atoms with van der Waals surface area (Å²) in [6.07, 6.45) is 4.52. The summed E-state index contributed by atoms with van der Waals surface area (Å²) < 4.78 is 0. The third-order valence-corrected chi connectivity index (χ3v) is 2.57. The summed E-state index contributed by atoms with van der Waals surface area (Å²) >= 11 is 0. The summed E-state index contributed by atoms with van der Waals surface area (Å²) in [6.45, 7) is 0.404. The predicted molar refractivity (Wildman–Crippen MR) is 80.6 cm³/mol. The molecule has 1 unspecified atom stereocenters. The van der Waals surface area contributed by atoms with Crippen LogP contribution in [0, 0.1) is 12.3 Å². The SMILES string of the molecule is C#Cc1cccc(NC(=O)C(=O)NCC(O)CN(C)C)c1. The first-order valence-corrected chi connectivity index (χ1v) is 6.41. The standard InChI is InChI=1S/C15H19N3O3/c1-4-11-6-5-7-12(8-11)17-15(21)14(20)16-9-13(19)10-18(2)3/h1,5-8,13,19H,9-10H2,2-3H3,(H,16,20)(H,17,21). The fraction of sp³-hybridized carbons (Fsp3) is 0.333. The van der Waals surface area contributed by atoms with Gasteiger partial charge >= 0.3 is 11.8 Å². The molecule has 3 N–H and O–H groups in total. The van der Waals surface area contributed by atoms with Gasteiger partial charge < -0.3 is 20.6 Å². The minimum Gasteiger partial charge on any atom is -0.390 e. The Balaban J connectivity index is 2.48. The number of anilines is 1. The van der Waals surface area contributed by atoms with E-state index in [0.29, 0.717) is 17.8 Å². The van der Waals surface area contributed by atoms with Crippen molar-refractivity contribution in [3.8, 4) is 12.3 Å². The second-order valence-corrected chi connectivity index (χ2v) is 4.81. The van der Waals surface area contributed by atoms with E-state index in [9.17, 15) is 14.7 Å². The molecule has 1 aromatic carbocycles. The normalized spacial score (nSPS) is 11.6. The number of nitrogens with zero attached hydrogens (tertiary/aromatic N) is 1. The number of rotatable bonds is 5. The van der Waals surface area contributed by atoms with Gasteiger partial charge in [0.05, 0.1) is 6.10 Å². The smallest absolute Gasteiger partial charge is 0.313 e. The van der Waals surface area contributed by atoms with Gasteiger partial charge in [-0.3, -0.25) is 9.59 Å². The molecule has 6 nitrogen and oxygen atoms in total. The van der Waals surface area contributed by atoms with Crippen molar-refractivity contribution < 1.29 is 14.7 Å². The molecule has 0 saturated carbocycles. The van der Waals surface area contributed by atoms with Gasteiger partial charge in [0.25, 0.3) is 0 Å². The molecule has 0 aliphatic carbocycles. The average Bonchev–Trinajstić information content (AvgIpc) is 2.44. The number of benzene rings is 1. The number of nitrogens with one attached hydrogen (secondary N) is 2. The highest BCUT2D eigenvalue weighted by molar-refractivity contribution is 6.39. The van der Waals surface area contributed by atoms with Crippen LogP contribution >= 0.6 is 0 Å². The van der Waals surface area contributed by atoms with E-state index in [1.165, 1.54) is 0 Å². The lowest BCUT2D eigenvalue weighted by Gasteiger charge is -2.16. The number of aliphatic hydroxyl groups excluding tert-OH is 1. The number of terminal acetylenes is 1. The van der Waals surface area contributed by atoms with Gasteiger partial charge in [0, 0.05) is 24.3 Å². The van der Waals surface area contributed by atoms with Gasteiger partial charge in [-0.25, -0.2) is 0 Å². The molecule has 0 radical (unpaired) electrons. The van der Waals surface area contributed by atoms with Crippen LogP contribution < -0.4 is 10.6 Å². The number of carbonyl (C=O) groups excluding carboxylic acids is 2. The van der Waals surface area contributed by atoms with Gasteiger partial charge in [-0.15, -0.1) is 6.42 Å². The Labute approximate surface area is 124 Å². The van der Waals surface area contributed by atoms with Gasteiger partial charge in [0.15, 0.2) is 0 Å². The zero-order chi connectivity index (χ0) is 15.8. The lowest BCUT2D eigenvalue weighted by Crippen LogP contribution is -2.42. The maximum atomic E-state index is 11.7. The molecule has 0 fully saturated rings. The molecular weight excluding hydrogens is 270 g/mol. The van der Waals surface area contributed by atoms with Crippen molar-refractivity contribution >= 4 is 17.5 Å². The maximum Gasteiger partial charge on any atom is 0.313 e. The molecule has 1 aromatic rings.